The summed E-state index contributed by atoms with van der Waals surface area (Å²) in [6.45, 7) is -0.0434. The molecule has 0 aliphatic rings. The highest BCUT2D eigenvalue weighted by Crippen LogP contribution is 2.17. The number of para-hydroxylation sites is 2. The number of aliphatic hydroxyl groups excluding tert-OH is 2. The van der Waals surface area contributed by atoms with Crippen molar-refractivity contribution in [1.82, 2.24) is 9.97 Å². The van der Waals surface area contributed by atoms with E-state index in [4.69, 9.17) is 5.11 Å². The standard InChI is InChI=1S/C10H12N2O2/c13-6-5-9(14)10-11-7-3-1-2-4-8(7)12-10/h1-4,9,13-14H,5-6H2,(H,11,12). The van der Waals surface area contributed by atoms with Crippen molar-refractivity contribution in [3.05, 3.63) is 30.1 Å². The molecule has 0 saturated carbocycles. The fourth-order valence-corrected chi connectivity index (χ4v) is 1.39. The minimum Gasteiger partial charge on any atom is -0.396 e. The van der Waals surface area contributed by atoms with Gasteiger partial charge in [0.25, 0.3) is 0 Å². The van der Waals surface area contributed by atoms with Crippen molar-refractivity contribution in [2.45, 2.75) is 12.5 Å². The zero-order valence-electron chi connectivity index (χ0n) is 7.64. The van der Waals surface area contributed by atoms with Crippen LogP contribution in [0.25, 0.3) is 11.0 Å². The van der Waals surface area contributed by atoms with Crippen molar-refractivity contribution in [1.29, 1.82) is 0 Å². The molecule has 1 aromatic carbocycles. The highest BCUT2D eigenvalue weighted by Gasteiger charge is 2.11. The van der Waals surface area contributed by atoms with E-state index >= 15 is 0 Å². The molecule has 0 amide bonds. The Morgan fingerprint density at radius 1 is 1.36 bits per heavy atom. The summed E-state index contributed by atoms with van der Waals surface area (Å²) < 4.78 is 0. The molecular formula is C10H12N2O2. The number of nitrogens with zero attached hydrogens (tertiary/aromatic N) is 1. The van der Waals surface area contributed by atoms with Crippen LogP contribution in [-0.4, -0.2) is 26.8 Å². The van der Waals surface area contributed by atoms with Crippen LogP contribution in [0.5, 0.6) is 0 Å². The van der Waals surface area contributed by atoms with Crippen LogP contribution in [0.2, 0.25) is 0 Å². The summed E-state index contributed by atoms with van der Waals surface area (Å²) in [7, 11) is 0. The molecule has 0 aliphatic heterocycles. The molecule has 14 heavy (non-hydrogen) atoms. The molecule has 1 unspecified atom stereocenters. The van der Waals surface area contributed by atoms with Crippen molar-refractivity contribution in [2.24, 2.45) is 0 Å². The average Bonchev–Trinajstić information content (AvgIpc) is 2.61. The second kappa shape index (κ2) is 3.77. The highest BCUT2D eigenvalue weighted by molar-refractivity contribution is 5.74. The van der Waals surface area contributed by atoms with E-state index in [1.54, 1.807) is 0 Å². The first-order valence-electron chi connectivity index (χ1n) is 4.55. The Morgan fingerprint density at radius 2 is 2.14 bits per heavy atom. The number of aromatic nitrogens is 2. The number of aromatic amines is 1. The zero-order valence-corrected chi connectivity index (χ0v) is 7.64. The first-order chi connectivity index (χ1) is 6.81. The largest absolute Gasteiger partial charge is 0.396 e. The number of fused-ring (bicyclic) bond motifs is 1. The first kappa shape index (κ1) is 9.18. The van der Waals surface area contributed by atoms with Gasteiger partial charge < -0.3 is 15.2 Å². The molecule has 4 heteroatoms. The summed E-state index contributed by atoms with van der Waals surface area (Å²) in [6.07, 6.45) is -0.410. The Morgan fingerprint density at radius 3 is 2.86 bits per heavy atom. The fourth-order valence-electron chi connectivity index (χ4n) is 1.39. The lowest BCUT2D eigenvalue weighted by Crippen LogP contribution is -2.01. The Kier molecular flexibility index (Phi) is 2.47. The molecule has 2 aromatic rings. The van der Waals surface area contributed by atoms with E-state index in [0.29, 0.717) is 12.2 Å². The van der Waals surface area contributed by atoms with Gasteiger partial charge in [-0.25, -0.2) is 4.98 Å². The first-order valence-corrected chi connectivity index (χ1v) is 4.55. The van der Waals surface area contributed by atoms with Crippen LogP contribution >= 0.6 is 0 Å². The molecule has 0 aliphatic carbocycles. The van der Waals surface area contributed by atoms with Crippen molar-refractivity contribution < 1.29 is 10.2 Å². The predicted octanol–water partition coefficient (Wildman–Crippen LogP) is 0.979. The van der Waals surface area contributed by atoms with Crippen LogP contribution < -0.4 is 0 Å². The number of H-pyrrole nitrogens is 1. The molecule has 1 heterocycles. The van der Waals surface area contributed by atoms with Gasteiger partial charge >= 0.3 is 0 Å². The number of rotatable bonds is 3. The maximum Gasteiger partial charge on any atom is 0.136 e. The van der Waals surface area contributed by atoms with E-state index in [1.165, 1.54) is 0 Å². The summed E-state index contributed by atoms with van der Waals surface area (Å²) in [5, 5.41) is 18.2. The van der Waals surface area contributed by atoms with Crippen LogP contribution in [0, 0.1) is 0 Å². The molecule has 74 valence electrons. The molecule has 2 rings (SSSR count). The molecule has 0 bridgehead atoms. The van der Waals surface area contributed by atoms with Crippen LogP contribution in [0.15, 0.2) is 24.3 Å². The van der Waals surface area contributed by atoms with E-state index in [1.807, 2.05) is 24.3 Å². The lowest BCUT2D eigenvalue weighted by atomic mass is 10.2. The van der Waals surface area contributed by atoms with E-state index in [9.17, 15) is 5.11 Å². The average molecular weight is 192 g/mol. The third-order valence-corrected chi connectivity index (χ3v) is 2.13. The summed E-state index contributed by atoms with van der Waals surface area (Å²) in [5.41, 5.74) is 1.74. The van der Waals surface area contributed by atoms with Crippen molar-refractivity contribution in [3.8, 4) is 0 Å². The van der Waals surface area contributed by atoms with Gasteiger partial charge in [0.1, 0.15) is 11.9 Å². The van der Waals surface area contributed by atoms with Gasteiger partial charge in [-0.05, 0) is 12.1 Å². The molecule has 3 N–H and O–H groups in total. The quantitative estimate of drug-likeness (QED) is 0.679. The number of imidazole rings is 1. The minimum absolute atomic E-state index is 0.0434. The van der Waals surface area contributed by atoms with Crippen molar-refractivity contribution in [2.75, 3.05) is 6.61 Å². The molecule has 1 atom stereocenters. The van der Waals surface area contributed by atoms with Gasteiger partial charge in [-0.3, -0.25) is 0 Å². The number of benzene rings is 1. The molecule has 4 nitrogen and oxygen atoms in total. The van der Waals surface area contributed by atoms with Gasteiger partial charge in [0.05, 0.1) is 11.0 Å². The zero-order chi connectivity index (χ0) is 9.97. The Balaban J connectivity index is 2.35. The second-order valence-corrected chi connectivity index (χ2v) is 3.17. The van der Waals surface area contributed by atoms with E-state index in [-0.39, 0.29) is 6.61 Å². The summed E-state index contributed by atoms with van der Waals surface area (Å²) in [5.74, 6) is 0.514. The molecular weight excluding hydrogens is 180 g/mol. The predicted molar refractivity (Wildman–Crippen MR) is 52.8 cm³/mol. The van der Waals surface area contributed by atoms with E-state index in [2.05, 4.69) is 9.97 Å². The number of hydrogen-bond acceptors (Lipinski definition) is 3. The molecule has 0 radical (unpaired) electrons. The van der Waals surface area contributed by atoms with Crippen LogP contribution in [0.3, 0.4) is 0 Å². The van der Waals surface area contributed by atoms with Crippen molar-refractivity contribution in [3.63, 3.8) is 0 Å². The third kappa shape index (κ3) is 1.62. The maximum atomic E-state index is 9.57. The van der Waals surface area contributed by atoms with E-state index < -0.39 is 6.10 Å². The topological polar surface area (TPSA) is 69.1 Å². The highest BCUT2D eigenvalue weighted by atomic mass is 16.3. The third-order valence-electron chi connectivity index (χ3n) is 2.13. The molecule has 0 saturated heterocycles. The summed E-state index contributed by atoms with van der Waals surface area (Å²) in [4.78, 5) is 7.22. The Labute approximate surface area is 81.2 Å². The van der Waals surface area contributed by atoms with Gasteiger partial charge in [0.15, 0.2) is 0 Å². The Hall–Kier alpha value is -1.39. The SMILES string of the molecule is OCCC(O)c1nc2ccccc2[nH]1. The van der Waals surface area contributed by atoms with Crippen LogP contribution in [-0.2, 0) is 0 Å². The van der Waals surface area contributed by atoms with Gasteiger partial charge in [0.2, 0.25) is 0 Å². The number of aliphatic hydroxyl groups is 2. The lowest BCUT2D eigenvalue weighted by molar-refractivity contribution is 0.127. The lowest BCUT2D eigenvalue weighted by Gasteiger charge is -2.03. The van der Waals surface area contributed by atoms with Crippen molar-refractivity contribution >= 4 is 11.0 Å². The van der Waals surface area contributed by atoms with Gasteiger partial charge in [-0.15, -0.1) is 0 Å². The van der Waals surface area contributed by atoms with Gasteiger partial charge in [0, 0.05) is 13.0 Å². The monoisotopic (exact) mass is 192 g/mol. The number of hydrogen-bond donors (Lipinski definition) is 3. The molecule has 0 fully saturated rings. The second-order valence-electron chi connectivity index (χ2n) is 3.17. The molecule has 1 aromatic heterocycles. The van der Waals surface area contributed by atoms with E-state index in [0.717, 1.165) is 11.0 Å². The Bertz CT molecular complexity index is 392. The minimum atomic E-state index is -0.715. The fraction of sp³-hybridized carbons (Fsp3) is 0.300. The van der Waals surface area contributed by atoms with Crippen LogP contribution in [0.1, 0.15) is 18.3 Å². The van der Waals surface area contributed by atoms with Crippen LogP contribution in [0.4, 0.5) is 0 Å². The smallest absolute Gasteiger partial charge is 0.136 e. The molecule has 0 spiro atoms. The summed E-state index contributed by atoms with van der Waals surface area (Å²) >= 11 is 0. The maximum absolute atomic E-state index is 9.57. The van der Waals surface area contributed by atoms with Gasteiger partial charge in [-0.2, -0.15) is 0 Å². The normalized spacial score (nSPS) is 13.3. The van der Waals surface area contributed by atoms with Gasteiger partial charge in [-0.1, -0.05) is 12.1 Å². The number of nitrogens with one attached hydrogen (secondary N) is 1. The summed E-state index contributed by atoms with van der Waals surface area (Å²) in [6, 6.07) is 7.58.